The lowest BCUT2D eigenvalue weighted by Crippen LogP contribution is -2.26. The molecule has 0 heterocycles. The normalized spacial score (nSPS) is 14.0. The highest BCUT2D eigenvalue weighted by molar-refractivity contribution is 5.85. The summed E-state index contributed by atoms with van der Waals surface area (Å²) in [5.41, 5.74) is 7.46. The quantitative estimate of drug-likeness (QED) is 0.763. The first-order valence-corrected chi connectivity index (χ1v) is 5.29. The Morgan fingerprint density at radius 1 is 1.38 bits per heavy atom. The molecule has 1 aromatic rings. The summed E-state index contributed by atoms with van der Waals surface area (Å²) < 4.78 is 0. The minimum Gasteiger partial charge on any atom is -0.508 e. The number of aromatic hydroxyl groups is 1. The van der Waals surface area contributed by atoms with Crippen LogP contribution in [0.5, 0.6) is 5.75 Å². The maximum Gasteiger partial charge on any atom is 0.120 e. The zero-order chi connectivity index (χ0) is 11.4. The monoisotopic (exact) mass is 245 g/mol. The Bertz CT molecular complexity index is 331. The molecule has 0 aliphatic rings. The van der Waals surface area contributed by atoms with Crippen molar-refractivity contribution in [3.63, 3.8) is 0 Å². The van der Waals surface area contributed by atoms with E-state index in [-0.39, 0.29) is 18.2 Å². The van der Waals surface area contributed by atoms with Crippen molar-refractivity contribution in [3.8, 4) is 5.75 Å². The van der Waals surface area contributed by atoms with Gasteiger partial charge in [0, 0.05) is 5.56 Å². The van der Waals surface area contributed by atoms with Gasteiger partial charge in [0.25, 0.3) is 0 Å². The molecule has 0 radical (unpaired) electrons. The van der Waals surface area contributed by atoms with E-state index in [1.807, 2.05) is 19.9 Å². The van der Waals surface area contributed by atoms with Gasteiger partial charge in [0.2, 0.25) is 0 Å². The molecule has 92 valence electrons. The molecular formula is C12H20ClNO2. The molecule has 0 saturated heterocycles. The predicted molar refractivity (Wildman–Crippen MR) is 67.9 cm³/mol. The molecule has 0 fully saturated rings. The Hall–Kier alpha value is -0.770. The third-order valence-electron chi connectivity index (χ3n) is 2.54. The molecule has 0 spiro atoms. The topological polar surface area (TPSA) is 66.5 Å². The van der Waals surface area contributed by atoms with Crippen LogP contribution in [0, 0.1) is 6.92 Å². The number of aliphatic hydroxyl groups excluding tert-OH is 1. The van der Waals surface area contributed by atoms with Crippen LogP contribution >= 0.6 is 12.4 Å². The lowest BCUT2D eigenvalue weighted by Gasteiger charge is -2.19. The van der Waals surface area contributed by atoms with Crippen LogP contribution in [0.3, 0.4) is 0 Å². The number of hydrogen-bond acceptors (Lipinski definition) is 3. The maximum atomic E-state index is 9.73. The van der Waals surface area contributed by atoms with Gasteiger partial charge in [-0.05, 0) is 25.0 Å². The van der Waals surface area contributed by atoms with Crippen LogP contribution in [-0.2, 0) is 0 Å². The Morgan fingerprint density at radius 2 is 2.00 bits per heavy atom. The molecular weight excluding hydrogens is 226 g/mol. The molecule has 4 N–H and O–H groups in total. The lowest BCUT2D eigenvalue weighted by atomic mass is 9.97. The molecule has 0 aliphatic carbocycles. The van der Waals surface area contributed by atoms with Crippen molar-refractivity contribution in [1.82, 2.24) is 0 Å². The summed E-state index contributed by atoms with van der Waals surface area (Å²) in [6.45, 7) is 3.89. The molecule has 16 heavy (non-hydrogen) atoms. The van der Waals surface area contributed by atoms with Crippen molar-refractivity contribution < 1.29 is 10.2 Å². The molecule has 0 saturated carbocycles. The predicted octanol–water partition coefficient (Wildman–Crippen LogP) is 2.28. The van der Waals surface area contributed by atoms with Crippen molar-refractivity contribution in [2.75, 3.05) is 0 Å². The van der Waals surface area contributed by atoms with Gasteiger partial charge < -0.3 is 15.9 Å². The fourth-order valence-corrected chi connectivity index (χ4v) is 1.62. The van der Waals surface area contributed by atoms with Crippen molar-refractivity contribution in [3.05, 3.63) is 29.3 Å². The number of phenols is 1. The number of rotatable bonds is 4. The summed E-state index contributed by atoms with van der Waals surface area (Å²) >= 11 is 0. The first-order chi connectivity index (χ1) is 7.06. The third-order valence-corrected chi connectivity index (χ3v) is 2.54. The van der Waals surface area contributed by atoms with Crippen LogP contribution < -0.4 is 5.73 Å². The molecule has 4 heteroatoms. The van der Waals surface area contributed by atoms with Crippen LogP contribution in [0.1, 0.15) is 36.9 Å². The van der Waals surface area contributed by atoms with Crippen molar-refractivity contribution in [2.24, 2.45) is 5.73 Å². The summed E-state index contributed by atoms with van der Waals surface area (Å²) in [7, 11) is 0. The van der Waals surface area contributed by atoms with Crippen LogP contribution in [0.25, 0.3) is 0 Å². The van der Waals surface area contributed by atoms with Gasteiger partial charge in [-0.3, -0.25) is 0 Å². The van der Waals surface area contributed by atoms with E-state index in [2.05, 4.69) is 0 Å². The molecule has 0 aromatic heterocycles. The van der Waals surface area contributed by atoms with Crippen molar-refractivity contribution in [2.45, 2.75) is 38.8 Å². The summed E-state index contributed by atoms with van der Waals surface area (Å²) in [5.74, 6) is 0.164. The number of aryl methyl sites for hydroxylation is 1. The summed E-state index contributed by atoms with van der Waals surface area (Å²) in [4.78, 5) is 0. The highest BCUT2D eigenvalue weighted by Gasteiger charge is 2.18. The molecule has 1 aromatic carbocycles. The molecule has 0 aliphatic heterocycles. The largest absolute Gasteiger partial charge is 0.508 e. The average Bonchev–Trinajstić information content (AvgIpc) is 2.17. The Kier molecular flexibility index (Phi) is 6.41. The summed E-state index contributed by atoms with van der Waals surface area (Å²) in [6, 6.07) is 4.81. The van der Waals surface area contributed by atoms with Gasteiger partial charge >= 0.3 is 0 Å². The number of aliphatic hydroxyl groups is 1. The van der Waals surface area contributed by atoms with Gasteiger partial charge in [-0.25, -0.2) is 0 Å². The number of halogens is 1. The number of phenolic OH excluding ortho intramolecular Hbond substituents is 1. The van der Waals surface area contributed by atoms with E-state index in [0.717, 1.165) is 12.0 Å². The van der Waals surface area contributed by atoms with E-state index in [1.165, 1.54) is 0 Å². The van der Waals surface area contributed by atoms with Crippen LogP contribution in [0.2, 0.25) is 0 Å². The van der Waals surface area contributed by atoms with E-state index < -0.39 is 12.1 Å². The molecule has 3 nitrogen and oxygen atoms in total. The second-order valence-electron chi connectivity index (χ2n) is 3.94. The fourth-order valence-electron chi connectivity index (χ4n) is 1.62. The van der Waals surface area contributed by atoms with E-state index in [1.54, 1.807) is 12.1 Å². The van der Waals surface area contributed by atoms with E-state index in [0.29, 0.717) is 12.0 Å². The van der Waals surface area contributed by atoms with E-state index >= 15 is 0 Å². The zero-order valence-corrected chi connectivity index (χ0v) is 10.5. The van der Waals surface area contributed by atoms with Gasteiger partial charge in [0.15, 0.2) is 0 Å². The number of hydrogen-bond donors (Lipinski definition) is 3. The van der Waals surface area contributed by atoms with Crippen molar-refractivity contribution >= 4 is 12.4 Å². The second kappa shape index (κ2) is 6.74. The van der Waals surface area contributed by atoms with Gasteiger partial charge in [0.1, 0.15) is 5.75 Å². The van der Waals surface area contributed by atoms with Crippen molar-refractivity contribution in [1.29, 1.82) is 0 Å². The minimum atomic E-state index is -0.594. The van der Waals surface area contributed by atoms with E-state index in [4.69, 9.17) is 5.73 Å². The Morgan fingerprint density at radius 3 is 2.50 bits per heavy atom. The molecule has 0 bridgehead atoms. The minimum absolute atomic E-state index is 0. The standard InChI is InChI=1S/C12H19NO2.ClH/c1-3-4-10(14)12(13)9-6-5-8(2)7-11(9)15;/h5-7,10,12,14-15H,3-4,13H2,1-2H3;1H/t10-,12+;/m1./s1. The first kappa shape index (κ1) is 15.2. The lowest BCUT2D eigenvalue weighted by molar-refractivity contribution is 0.133. The van der Waals surface area contributed by atoms with Gasteiger partial charge in [-0.1, -0.05) is 25.5 Å². The SMILES string of the molecule is CCC[C@@H](O)[C@@H](N)c1ccc(C)cc1O.Cl. The molecule has 0 amide bonds. The Balaban J connectivity index is 0.00000225. The summed E-state index contributed by atoms with van der Waals surface area (Å²) in [5, 5.41) is 19.4. The molecule has 1 rings (SSSR count). The van der Waals surface area contributed by atoms with Gasteiger partial charge in [-0.2, -0.15) is 0 Å². The second-order valence-corrected chi connectivity index (χ2v) is 3.94. The highest BCUT2D eigenvalue weighted by Crippen LogP contribution is 2.27. The zero-order valence-electron chi connectivity index (χ0n) is 9.68. The fraction of sp³-hybridized carbons (Fsp3) is 0.500. The van der Waals surface area contributed by atoms with Crippen LogP contribution in [0.4, 0.5) is 0 Å². The smallest absolute Gasteiger partial charge is 0.120 e. The van der Waals surface area contributed by atoms with Crippen LogP contribution in [-0.4, -0.2) is 16.3 Å². The van der Waals surface area contributed by atoms with E-state index in [9.17, 15) is 10.2 Å². The number of benzene rings is 1. The highest BCUT2D eigenvalue weighted by atomic mass is 35.5. The maximum absolute atomic E-state index is 9.73. The number of nitrogens with two attached hydrogens (primary N) is 1. The summed E-state index contributed by atoms with van der Waals surface area (Å²) in [6.07, 6.45) is 0.930. The van der Waals surface area contributed by atoms with Gasteiger partial charge in [-0.15, -0.1) is 12.4 Å². The molecule has 2 atom stereocenters. The first-order valence-electron chi connectivity index (χ1n) is 5.29. The van der Waals surface area contributed by atoms with Gasteiger partial charge in [0.05, 0.1) is 12.1 Å². The molecule has 0 unspecified atom stereocenters. The third kappa shape index (κ3) is 3.67. The average molecular weight is 246 g/mol. The Labute approximate surface area is 103 Å². The van der Waals surface area contributed by atoms with Crippen LogP contribution in [0.15, 0.2) is 18.2 Å².